The first-order valence-electron chi connectivity index (χ1n) is 11.1. The molecule has 3 aliphatic rings. The van der Waals surface area contributed by atoms with Gasteiger partial charge < -0.3 is 15.2 Å². The van der Waals surface area contributed by atoms with E-state index in [1.165, 1.54) is 12.4 Å². The summed E-state index contributed by atoms with van der Waals surface area (Å²) < 4.78 is 18.7. The van der Waals surface area contributed by atoms with Crippen molar-refractivity contribution < 1.29 is 19.0 Å². The van der Waals surface area contributed by atoms with Gasteiger partial charge in [-0.05, 0) is 60.1 Å². The number of rotatable bonds is 8. The number of amides is 1. The van der Waals surface area contributed by atoms with Crippen molar-refractivity contribution in [2.45, 2.75) is 45.1 Å². The number of nitrogens with one attached hydrogen (secondary N) is 2. The van der Waals surface area contributed by atoms with E-state index in [4.69, 9.17) is 4.74 Å². The molecule has 2 heterocycles. The summed E-state index contributed by atoms with van der Waals surface area (Å²) in [5.41, 5.74) is 9.26. The molecule has 0 saturated heterocycles. The Labute approximate surface area is 202 Å². The predicted octanol–water partition coefficient (Wildman–Crippen LogP) is 2.41. The molecule has 3 unspecified atom stereocenters. The van der Waals surface area contributed by atoms with Crippen molar-refractivity contribution in [3.8, 4) is 0 Å². The maximum absolute atomic E-state index is 13.5. The lowest BCUT2D eigenvalue weighted by molar-refractivity contribution is -0.114. The molecule has 0 fully saturated rings. The van der Waals surface area contributed by atoms with Gasteiger partial charge in [0.05, 0.1) is 18.9 Å². The molecule has 0 bridgehead atoms. The number of halogens is 1. The molecule has 0 aromatic heterocycles. The molecule has 1 amide bonds. The Morgan fingerprint density at radius 1 is 1.31 bits per heavy atom. The predicted molar refractivity (Wildman–Crippen MR) is 132 cm³/mol. The van der Waals surface area contributed by atoms with Crippen LogP contribution in [0.5, 0.6) is 0 Å². The highest BCUT2D eigenvalue weighted by molar-refractivity contribution is 6.69. The van der Waals surface area contributed by atoms with Gasteiger partial charge in [0.1, 0.15) is 24.4 Å². The largest absolute Gasteiger partial charge is 0.489 e. The number of allylic oxidation sites excluding steroid dienone is 2. The molecule has 8 nitrogen and oxygen atoms in total. The van der Waals surface area contributed by atoms with Gasteiger partial charge in [-0.1, -0.05) is 17.9 Å². The lowest BCUT2D eigenvalue weighted by atomic mass is 9.91. The van der Waals surface area contributed by atoms with Crippen LogP contribution in [0.3, 0.4) is 0 Å². The first-order chi connectivity index (χ1) is 16.9. The van der Waals surface area contributed by atoms with E-state index in [2.05, 4.69) is 37.1 Å². The van der Waals surface area contributed by atoms with Gasteiger partial charge in [0.15, 0.2) is 11.5 Å². The molecule has 0 saturated carbocycles. The van der Waals surface area contributed by atoms with Crippen LogP contribution in [0.4, 0.5) is 4.39 Å². The fourth-order valence-electron chi connectivity index (χ4n) is 3.97. The molecule has 2 aliphatic heterocycles. The van der Waals surface area contributed by atoms with E-state index in [1.54, 1.807) is 44.5 Å². The molecule has 0 radical (unpaired) electrons. The van der Waals surface area contributed by atoms with Crippen molar-refractivity contribution >= 4 is 23.7 Å². The summed E-state index contributed by atoms with van der Waals surface area (Å²) in [6.07, 6.45) is 5.93. The van der Waals surface area contributed by atoms with Gasteiger partial charge in [-0.3, -0.25) is 20.1 Å². The van der Waals surface area contributed by atoms with Crippen molar-refractivity contribution in [1.82, 2.24) is 10.6 Å². The van der Waals surface area contributed by atoms with E-state index in [1.807, 2.05) is 6.92 Å². The molecular weight excluding hydrogens is 449 g/mol. The molecule has 1 aromatic rings. The average molecular weight is 476 g/mol. The Morgan fingerprint density at radius 3 is 2.91 bits per heavy atom. The minimum atomic E-state index is -0.892. The zero-order valence-electron chi connectivity index (χ0n) is 19.7. The average Bonchev–Trinajstić information content (AvgIpc) is 2.86. The van der Waals surface area contributed by atoms with Crippen LogP contribution >= 0.6 is 0 Å². The molecule has 3 N–H and O–H groups in total. The maximum Gasteiger partial charge on any atom is 0.272 e. The number of methoxy groups -OCH3 is 1. The summed E-state index contributed by atoms with van der Waals surface area (Å²) >= 11 is 0. The summed E-state index contributed by atoms with van der Waals surface area (Å²) in [7, 11) is 1.55. The minimum Gasteiger partial charge on any atom is -0.489 e. The van der Waals surface area contributed by atoms with Gasteiger partial charge in [-0.15, -0.1) is 0 Å². The number of ether oxygens (including phenoxy) is 1. The highest BCUT2D eigenvalue weighted by atomic mass is 19.1. The van der Waals surface area contributed by atoms with E-state index in [-0.39, 0.29) is 24.1 Å². The summed E-state index contributed by atoms with van der Waals surface area (Å²) in [5, 5.41) is 16.7. The molecule has 1 aromatic carbocycles. The van der Waals surface area contributed by atoms with E-state index < -0.39 is 18.2 Å². The van der Waals surface area contributed by atoms with Crippen LogP contribution < -0.4 is 10.6 Å². The monoisotopic (exact) mass is 475 g/mol. The number of carbonyl (C=O) groups is 1. The van der Waals surface area contributed by atoms with Crippen molar-refractivity contribution in [2.75, 3.05) is 7.11 Å². The lowest BCUT2D eigenvalue weighted by Gasteiger charge is -2.33. The Kier molecular flexibility index (Phi) is 7.34. The first kappa shape index (κ1) is 24.3. The topological polar surface area (TPSA) is 108 Å². The highest BCUT2D eigenvalue weighted by Crippen LogP contribution is 2.22. The first-order valence-corrected chi connectivity index (χ1v) is 11.1. The van der Waals surface area contributed by atoms with Crippen LogP contribution in [0.25, 0.3) is 0 Å². The second-order valence-corrected chi connectivity index (χ2v) is 8.41. The minimum absolute atomic E-state index is 0.159. The van der Waals surface area contributed by atoms with Gasteiger partial charge in [-0.25, -0.2) is 9.38 Å². The molecule has 9 heteroatoms. The zero-order valence-corrected chi connectivity index (χ0v) is 19.7. The number of hydrogen-bond acceptors (Lipinski definition) is 7. The number of aryl methyl sites for hydroxylation is 1. The standard InChI is InChI=1S/C26H26FN5O3/c1-15-9-18(7-8-20(15)27)13-29-26(34)25-24-23(30-14-31-25)22(16(2)12-28-24)32-21(33)11-17-5-4-6-19(10-17)35-3/h5,7-10,12,14,21-23,32-33H,11,13H2,1-3H3,(H,29,34). The van der Waals surface area contributed by atoms with Gasteiger partial charge in [-0.2, -0.15) is 0 Å². The van der Waals surface area contributed by atoms with Crippen molar-refractivity contribution in [2.24, 2.45) is 15.0 Å². The van der Waals surface area contributed by atoms with Gasteiger partial charge in [0.25, 0.3) is 5.91 Å². The third-order valence-electron chi connectivity index (χ3n) is 5.83. The number of aliphatic imine (C=N–C) groups is 3. The molecule has 4 rings (SSSR count). The van der Waals surface area contributed by atoms with E-state index >= 15 is 0 Å². The van der Waals surface area contributed by atoms with Gasteiger partial charge in [0, 0.05) is 19.2 Å². The van der Waals surface area contributed by atoms with E-state index in [9.17, 15) is 14.3 Å². The van der Waals surface area contributed by atoms with Gasteiger partial charge >= 0.3 is 0 Å². The van der Waals surface area contributed by atoms with Crippen molar-refractivity contribution in [3.05, 3.63) is 81.9 Å². The summed E-state index contributed by atoms with van der Waals surface area (Å²) in [6, 6.07) is 3.78. The van der Waals surface area contributed by atoms with E-state index in [0.717, 1.165) is 16.7 Å². The number of nitrogens with zero attached hydrogens (tertiary/aromatic N) is 3. The van der Waals surface area contributed by atoms with Crippen LogP contribution in [0.2, 0.25) is 0 Å². The Hall–Kier alpha value is -3.87. The number of benzene rings is 1. The van der Waals surface area contributed by atoms with Crippen LogP contribution in [0, 0.1) is 12.7 Å². The number of aliphatic hydroxyl groups excluding tert-OH is 1. The summed E-state index contributed by atoms with van der Waals surface area (Å²) in [4.78, 5) is 26.0. The van der Waals surface area contributed by atoms with Crippen LogP contribution in [-0.2, 0) is 16.1 Å². The maximum atomic E-state index is 13.5. The smallest absolute Gasteiger partial charge is 0.272 e. The quantitative estimate of drug-likeness (QED) is 0.396. The second-order valence-electron chi connectivity index (χ2n) is 8.41. The number of carbonyl (C=O) groups excluding carboxylic acids is 1. The fourth-order valence-corrected chi connectivity index (χ4v) is 3.97. The summed E-state index contributed by atoms with van der Waals surface area (Å²) in [5.74, 6) is -0.159. The molecule has 1 aliphatic carbocycles. The van der Waals surface area contributed by atoms with Crippen molar-refractivity contribution in [1.29, 1.82) is 0 Å². The lowest BCUT2D eigenvalue weighted by Crippen LogP contribution is -2.54. The summed E-state index contributed by atoms with van der Waals surface area (Å²) in [6.45, 7) is 3.78. The fraction of sp³-hybridized carbons (Fsp3) is 0.308. The molecule has 3 atom stereocenters. The SMILES string of the molecule is COC1=C=C=CC(CC(O)NC2C(C)=CN=C3C(C(=O)NCc4ccc(F)c(C)c4)=NC=NC32)=C1. The van der Waals surface area contributed by atoms with Crippen LogP contribution in [-0.4, -0.2) is 54.2 Å². The van der Waals surface area contributed by atoms with Gasteiger partial charge in [0.2, 0.25) is 0 Å². The second kappa shape index (κ2) is 10.6. The molecule has 180 valence electrons. The zero-order chi connectivity index (χ0) is 24.9. The Balaban J connectivity index is 1.42. The van der Waals surface area contributed by atoms with Crippen LogP contribution in [0.15, 0.2) is 79.9 Å². The number of aliphatic hydroxyl groups is 1. The van der Waals surface area contributed by atoms with Crippen molar-refractivity contribution in [3.63, 3.8) is 0 Å². The Bertz CT molecular complexity index is 1290. The molecule has 35 heavy (non-hydrogen) atoms. The number of fused-ring (bicyclic) bond motifs is 1. The normalized spacial score (nSPS) is 21.2. The third kappa shape index (κ3) is 5.62. The third-order valence-corrected chi connectivity index (χ3v) is 5.83. The van der Waals surface area contributed by atoms with E-state index in [0.29, 0.717) is 23.5 Å². The highest BCUT2D eigenvalue weighted by Gasteiger charge is 2.37. The molecule has 0 spiro atoms. The molecular formula is C26H26FN5O3. The number of hydrogen-bond donors (Lipinski definition) is 3. The van der Waals surface area contributed by atoms with Crippen LogP contribution in [0.1, 0.15) is 24.5 Å². The Morgan fingerprint density at radius 2 is 2.14 bits per heavy atom.